The van der Waals surface area contributed by atoms with Crippen molar-refractivity contribution in [1.29, 1.82) is 0 Å². The van der Waals surface area contributed by atoms with E-state index in [4.69, 9.17) is 15.2 Å². The molecule has 7 nitrogen and oxygen atoms in total. The third-order valence-electron chi connectivity index (χ3n) is 6.27. The predicted molar refractivity (Wildman–Crippen MR) is 131 cm³/mol. The van der Waals surface area contributed by atoms with Crippen molar-refractivity contribution < 1.29 is 14.3 Å². The molecule has 3 aromatic rings. The average Bonchev–Trinajstić information content (AvgIpc) is 2.83. The van der Waals surface area contributed by atoms with Gasteiger partial charge >= 0.3 is 0 Å². The smallest absolute Gasteiger partial charge is 0.250 e. The first-order chi connectivity index (χ1) is 16.1. The van der Waals surface area contributed by atoms with Crippen LogP contribution in [-0.2, 0) is 11.2 Å². The summed E-state index contributed by atoms with van der Waals surface area (Å²) >= 11 is 0. The van der Waals surface area contributed by atoms with Gasteiger partial charge in [0.15, 0.2) is 0 Å². The fourth-order valence-electron chi connectivity index (χ4n) is 4.33. The summed E-state index contributed by atoms with van der Waals surface area (Å²) in [5.41, 5.74) is 11.1. The number of rotatable bonds is 9. The predicted octanol–water partition coefficient (Wildman–Crippen LogP) is 3.38. The number of anilines is 1. The van der Waals surface area contributed by atoms with Gasteiger partial charge in [-0.25, -0.2) is 0 Å². The molecule has 1 amide bonds. The van der Waals surface area contributed by atoms with Crippen molar-refractivity contribution >= 4 is 22.5 Å². The molecule has 0 saturated carbocycles. The lowest BCUT2D eigenvalue weighted by molar-refractivity contribution is 0.0378. The Morgan fingerprint density at radius 1 is 1.24 bits per heavy atom. The Labute approximate surface area is 194 Å². The highest BCUT2D eigenvalue weighted by Gasteiger charge is 2.17. The molecule has 1 fully saturated rings. The monoisotopic (exact) mass is 448 g/mol. The van der Waals surface area contributed by atoms with Gasteiger partial charge in [-0.15, -0.1) is 0 Å². The molecule has 174 valence electrons. The first-order valence-electron chi connectivity index (χ1n) is 11.4. The number of carbonyl (C=O) groups is 1. The molecule has 1 aliphatic rings. The number of carbonyl (C=O) groups excluding carboxylic acids is 1. The second-order valence-corrected chi connectivity index (χ2v) is 8.42. The molecule has 1 aromatic heterocycles. The lowest BCUT2D eigenvalue weighted by Crippen LogP contribution is -2.37. The second kappa shape index (κ2) is 10.6. The van der Waals surface area contributed by atoms with Gasteiger partial charge in [-0.1, -0.05) is 24.3 Å². The van der Waals surface area contributed by atoms with E-state index in [1.807, 2.05) is 24.3 Å². The Balaban J connectivity index is 1.63. The number of ether oxygens (including phenoxy) is 2. The van der Waals surface area contributed by atoms with Crippen molar-refractivity contribution in [2.75, 3.05) is 51.8 Å². The van der Waals surface area contributed by atoms with Crippen LogP contribution in [0.5, 0.6) is 5.75 Å². The number of primary amides is 1. The van der Waals surface area contributed by atoms with E-state index in [1.54, 1.807) is 13.3 Å². The van der Waals surface area contributed by atoms with Gasteiger partial charge in [-0.2, -0.15) is 0 Å². The van der Waals surface area contributed by atoms with E-state index < -0.39 is 5.91 Å². The summed E-state index contributed by atoms with van der Waals surface area (Å²) in [7, 11) is 1.66. The lowest BCUT2D eigenvalue weighted by atomic mass is 9.94. The van der Waals surface area contributed by atoms with E-state index in [9.17, 15) is 4.79 Å². The van der Waals surface area contributed by atoms with E-state index in [1.165, 1.54) is 5.56 Å². The molecular formula is C26H32N4O3. The highest BCUT2D eigenvalue weighted by Crippen LogP contribution is 2.33. The van der Waals surface area contributed by atoms with E-state index in [0.717, 1.165) is 79.3 Å². The summed E-state index contributed by atoms with van der Waals surface area (Å²) in [6, 6.07) is 12.2. The number of nitrogens with two attached hydrogens (primary N) is 1. The number of nitrogens with zero attached hydrogens (tertiary/aromatic N) is 2. The second-order valence-electron chi connectivity index (χ2n) is 8.42. The van der Waals surface area contributed by atoms with Crippen LogP contribution in [0.4, 0.5) is 5.69 Å². The molecule has 0 bridgehead atoms. The molecule has 1 aliphatic heterocycles. The van der Waals surface area contributed by atoms with Crippen LogP contribution in [0.2, 0.25) is 0 Å². The molecular weight excluding hydrogens is 416 g/mol. The van der Waals surface area contributed by atoms with E-state index in [0.29, 0.717) is 12.0 Å². The maximum atomic E-state index is 12.2. The van der Waals surface area contributed by atoms with Gasteiger partial charge in [0.1, 0.15) is 5.75 Å². The number of nitrogens with one attached hydrogen (secondary N) is 1. The van der Waals surface area contributed by atoms with E-state index >= 15 is 0 Å². The SMILES string of the molecule is COc1cc2ncc(C(N)=O)c(Cc3ccccc3C)c2cc1NCCCN1CCOCC1. The van der Waals surface area contributed by atoms with Crippen LogP contribution in [0, 0.1) is 6.92 Å². The van der Waals surface area contributed by atoms with Gasteiger partial charge in [-0.05, 0) is 49.1 Å². The minimum atomic E-state index is -0.469. The highest BCUT2D eigenvalue weighted by molar-refractivity contribution is 6.00. The molecule has 3 N–H and O–H groups in total. The van der Waals surface area contributed by atoms with Crippen molar-refractivity contribution in [2.45, 2.75) is 19.8 Å². The van der Waals surface area contributed by atoms with Crippen molar-refractivity contribution in [3.8, 4) is 5.75 Å². The van der Waals surface area contributed by atoms with Crippen LogP contribution >= 0.6 is 0 Å². The molecule has 1 saturated heterocycles. The topological polar surface area (TPSA) is 89.7 Å². The normalized spacial score (nSPS) is 14.4. The first-order valence-corrected chi connectivity index (χ1v) is 11.4. The largest absolute Gasteiger partial charge is 0.495 e. The van der Waals surface area contributed by atoms with Gasteiger partial charge in [0.2, 0.25) is 0 Å². The van der Waals surface area contributed by atoms with Gasteiger partial charge in [0, 0.05) is 37.3 Å². The van der Waals surface area contributed by atoms with Crippen LogP contribution in [0.15, 0.2) is 42.6 Å². The molecule has 0 unspecified atom stereocenters. The number of pyridine rings is 1. The van der Waals surface area contributed by atoms with Crippen molar-refractivity contribution in [1.82, 2.24) is 9.88 Å². The van der Waals surface area contributed by atoms with Crippen LogP contribution in [-0.4, -0.2) is 62.3 Å². The molecule has 33 heavy (non-hydrogen) atoms. The summed E-state index contributed by atoms with van der Waals surface area (Å²) in [4.78, 5) is 19.2. The molecule has 2 heterocycles. The number of aryl methyl sites for hydroxylation is 1. The van der Waals surface area contributed by atoms with Gasteiger partial charge < -0.3 is 20.5 Å². The number of amides is 1. The number of morpholine rings is 1. The molecule has 4 rings (SSSR count). The first kappa shape index (κ1) is 23.0. The van der Waals surface area contributed by atoms with Gasteiger partial charge in [0.05, 0.1) is 37.1 Å². The zero-order valence-electron chi connectivity index (χ0n) is 19.4. The Kier molecular flexibility index (Phi) is 7.42. The summed E-state index contributed by atoms with van der Waals surface area (Å²) < 4.78 is 11.1. The van der Waals surface area contributed by atoms with Crippen LogP contribution in [0.1, 0.15) is 33.5 Å². The molecule has 0 atom stereocenters. The average molecular weight is 449 g/mol. The minimum Gasteiger partial charge on any atom is -0.495 e. The molecule has 2 aromatic carbocycles. The van der Waals surface area contributed by atoms with Crippen molar-refractivity contribution in [3.05, 3.63) is 64.8 Å². The summed E-state index contributed by atoms with van der Waals surface area (Å²) in [5.74, 6) is 0.263. The standard InChI is InChI=1S/C26H32N4O3/c1-18-6-3-4-7-19(18)14-20-21-15-24(28-8-5-9-30-10-12-33-13-11-30)25(32-2)16-23(21)29-17-22(20)26(27)31/h3-4,6-7,15-17,28H,5,8-14H2,1-2H3,(H2,27,31). The summed E-state index contributed by atoms with van der Waals surface area (Å²) in [6.45, 7) is 7.52. The van der Waals surface area contributed by atoms with Crippen LogP contribution < -0.4 is 15.8 Å². The zero-order valence-corrected chi connectivity index (χ0v) is 19.4. The third kappa shape index (κ3) is 5.43. The Hall–Kier alpha value is -3.16. The molecule has 0 spiro atoms. The van der Waals surface area contributed by atoms with E-state index in [2.05, 4.69) is 34.3 Å². The molecule has 0 radical (unpaired) electrons. The minimum absolute atomic E-state index is 0.453. The summed E-state index contributed by atoms with van der Waals surface area (Å²) in [5, 5.41) is 4.43. The Morgan fingerprint density at radius 2 is 2.03 bits per heavy atom. The van der Waals surface area contributed by atoms with Crippen molar-refractivity contribution in [2.24, 2.45) is 5.73 Å². The van der Waals surface area contributed by atoms with Crippen molar-refractivity contribution in [3.63, 3.8) is 0 Å². The van der Waals surface area contributed by atoms with Gasteiger partial charge in [-0.3, -0.25) is 14.7 Å². The Morgan fingerprint density at radius 3 is 2.76 bits per heavy atom. The van der Waals surface area contributed by atoms with E-state index in [-0.39, 0.29) is 0 Å². The number of hydrogen-bond acceptors (Lipinski definition) is 6. The highest BCUT2D eigenvalue weighted by atomic mass is 16.5. The number of methoxy groups -OCH3 is 1. The van der Waals surface area contributed by atoms with Crippen LogP contribution in [0.3, 0.4) is 0 Å². The number of aromatic nitrogens is 1. The maximum Gasteiger partial charge on any atom is 0.250 e. The lowest BCUT2D eigenvalue weighted by Gasteiger charge is -2.26. The zero-order chi connectivity index (χ0) is 23.2. The number of hydrogen-bond donors (Lipinski definition) is 2. The molecule has 0 aliphatic carbocycles. The summed E-state index contributed by atoms with van der Waals surface area (Å²) in [6.07, 6.45) is 3.19. The molecule has 7 heteroatoms. The fraction of sp³-hybridized carbons (Fsp3) is 0.385. The quantitative estimate of drug-likeness (QED) is 0.488. The van der Waals surface area contributed by atoms with Gasteiger partial charge in [0.25, 0.3) is 5.91 Å². The third-order valence-corrected chi connectivity index (χ3v) is 6.27. The number of fused-ring (bicyclic) bond motifs is 1. The number of benzene rings is 2. The fourth-order valence-corrected chi connectivity index (χ4v) is 4.33. The van der Waals surface area contributed by atoms with Crippen LogP contribution in [0.25, 0.3) is 10.9 Å². The maximum absolute atomic E-state index is 12.2. The Bertz CT molecular complexity index is 1130.